The van der Waals surface area contributed by atoms with Crippen molar-refractivity contribution in [1.29, 1.82) is 0 Å². The van der Waals surface area contributed by atoms with Crippen LogP contribution in [0.5, 0.6) is 0 Å². The van der Waals surface area contributed by atoms with Crippen LogP contribution >= 0.6 is 66.5 Å². The second-order valence-corrected chi connectivity index (χ2v) is 16.0. The topological polar surface area (TPSA) is 18.5 Å². The highest BCUT2D eigenvalue weighted by Gasteiger charge is 2.44. The molecule has 0 aromatic rings. The minimum atomic E-state index is -3.30. The first-order chi connectivity index (χ1) is 4.77. The van der Waals surface area contributed by atoms with E-state index in [1.54, 1.807) is 0 Å². The van der Waals surface area contributed by atoms with Crippen LogP contribution in [0, 0.1) is 0 Å². The number of rotatable bonds is 4. The molecule has 2 nitrogen and oxygen atoms in total. The fourth-order valence-corrected chi connectivity index (χ4v) is 13.1. The molecule has 11 heavy (non-hydrogen) atoms. The molecule has 0 amide bonds. The van der Waals surface area contributed by atoms with Gasteiger partial charge >= 0.3 is 13.4 Å². The van der Waals surface area contributed by atoms with E-state index < -0.39 is 22.5 Å². The van der Waals surface area contributed by atoms with E-state index in [1.807, 2.05) is 0 Å². The van der Waals surface area contributed by atoms with Gasteiger partial charge in [-0.25, -0.2) is 0 Å². The molecule has 0 spiro atoms. The SMILES string of the molecule is Cl[SiH2]O[Si](Cl)(Cl)O[Si](Cl)(Cl)Cl. The molecule has 68 valence electrons. The molecule has 0 aliphatic heterocycles. The third-order valence-corrected chi connectivity index (χ3v) is 10.5. The van der Waals surface area contributed by atoms with Gasteiger partial charge in [-0.1, -0.05) is 55.4 Å². The van der Waals surface area contributed by atoms with E-state index in [2.05, 4.69) is 0 Å². The average Bonchev–Trinajstić information content (AvgIpc) is 1.55. The Morgan fingerprint density at radius 1 is 1.00 bits per heavy atom. The van der Waals surface area contributed by atoms with Gasteiger partial charge in [0.2, 0.25) is 0 Å². The van der Waals surface area contributed by atoms with Gasteiger partial charge in [-0.2, -0.15) is 0 Å². The summed E-state index contributed by atoms with van der Waals surface area (Å²) in [5, 5.41) is 0. The summed E-state index contributed by atoms with van der Waals surface area (Å²) in [6.07, 6.45) is -3.28. The normalized spacial score (nSPS) is 14.7. The second kappa shape index (κ2) is 5.26. The van der Waals surface area contributed by atoms with E-state index >= 15 is 0 Å². The molecule has 0 aromatic heterocycles. The molecular formula is H2Cl6O2Si3. The zero-order chi connectivity index (χ0) is 9.12. The Labute approximate surface area is 96.5 Å². The summed E-state index contributed by atoms with van der Waals surface area (Å²) in [5.41, 5.74) is 0. The summed E-state index contributed by atoms with van der Waals surface area (Å²) in [5.74, 6) is 0. The molecule has 0 radical (unpaired) electrons. The molecule has 0 aliphatic carbocycles. The highest BCUT2D eigenvalue weighted by atomic mass is 35.8. The summed E-state index contributed by atoms with van der Waals surface area (Å²) in [6.45, 7) is 0. The van der Waals surface area contributed by atoms with Crippen molar-refractivity contribution in [2.75, 3.05) is 0 Å². The third-order valence-electron chi connectivity index (χ3n) is 0.457. The minimum absolute atomic E-state index is 1.27. The Bertz CT molecular complexity index is 119. The lowest BCUT2D eigenvalue weighted by Gasteiger charge is -2.19. The van der Waals surface area contributed by atoms with Crippen molar-refractivity contribution in [2.45, 2.75) is 0 Å². The summed E-state index contributed by atoms with van der Waals surface area (Å²) in [7, 11) is -4.57. The van der Waals surface area contributed by atoms with E-state index in [-0.39, 0.29) is 0 Å². The van der Waals surface area contributed by atoms with Crippen molar-refractivity contribution in [2.24, 2.45) is 0 Å². The van der Waals surface area contributed by atoms with Gasteiger partial charge in [0.1, 0.15) is 0 Å². The Balaban J connectivity index is 3.91. The van der Waals surface area contributed by atoms with Crippen LogP contribution in [0.15, 0.2) is 0 Å². The average molecular weight is 331 g/mol. The molecule has 0 aliphatic rings. The van der Waals surface area contributed by atoms with Gasteiger partial charge in [-0.05, 0) is 0 Å². The van der Waals surface area contributed by atoms with Crippen molar-refractivity contribution in [3.63, 3.8) is 0 Å². The van der Waals surface area contributed by atoms with E-state index in [0.29, 0.717) is 0 Å². The van der Waals surface area contributed by atoms with E-state index in [0.717, 1.165) is 0 Å². The van der Waals surface area contributed by atoms with Gasteiger partial charge < -0.3 is 8.23 Å². The molecule has 11 heteroatoms. The van der Waals surface area contributed by atoms with Gasteiger partial charge in [0.15, 0.2) is 0 Å². The molecular weight excluding hydrogens is 329 g/mol. The maximum absolute atomic E-state index is 5.51. The summed E-state index contributed by atoms with van der Waals surface area (Å²) >= 11 is 32.4. The zero-order valence-electron chi connectivity index (χ0n) is 4.79. The monoisotopic (exact) mass is 328 g/mol. The van der Waals surface area contributed by atoms with Crippen LogP contribution in [0.2, 0.25) is 0 Å². The van der Waals surface area contributed by atoms with Gasteiger partial charge in [0.25, 0.3) is 9.07 Å². The molecule has 0 saturated heterocycles. The highest BCUT2D eigenvalue weighted by molar-refractivity contribution is 7.64. The Hall–Kier alpha value is 2.31. The quantitative estimate of drug-likeness (QED) is 0.582. The van der Waals surface area contributed by atoms with E-state index in [1.165, 1.54) is 0 Å². The highest BCUT2D eigenvalue weighted by Crippen LogP contribution is 2.30. The van der Waals surface area contributed by atoms with Gasteiger partial charge in [-0.3, -0.25) is 0 Å². The molecule has 0 bridgehead atoms. The lowest BCUT2D eigenvalue weighted by Crippen LogP contribution is -2.37. The molecule has 0 unspecified atom stereocenters. The second-order valence-electron chi connectivity index (χ2n) is 1.26. The summed E-state index contributed by atoms with van der Waals surface area (Å²) < 4.78 is 9.44. The largest absolute Gasteiger partial charge is 0.533 e. The molecule has 0 fully saturated rings. The lowest BCUT2D eigenvalue weighted by molar-refractivity contribution is 0.475. The number of hydrogen-bond donors (Lipinski definition) is 0. The Morgan fingerprint density at radius 2 is 1.45 bits per heavy atom. The third kappa shape index (κ3) is 8.64. The van der Waals surface area contributed by atoms with E-state index in [4.69, 9.17) is 74.7 Å². The fraction of sp³-hybridized carbons (Fsp3) is 0. The van der Waals surface area contributed by atoms with Crippen molar-refractivity contribution in [3.8, 4) is 0 Å². The van der Waals surface area contributed by atoms with Crippen LogP contribution in [-0.4, -0.2) is 22.5 Å². The maximum Gasteiger partial charge on any atom is 0.533 e. The minimum Gasteiger partial charge on any atom is -0.405 e. The first-order valence-corrected chi connectivity index (χ1v) is 13.6. The van der Waals surface area contributed by atoms with Crippen molar-refractivity contribution in [1.82, 2.24) is 0 Å². The van der Waals surface area contributed by atoms with Crippen molar-refractivity contribution < 1.29 is 8.23 Å². The Morgan fingerprint density at radius 3 is 1.73 bits per heavy atom. The smallest absolute Gasteiger partial charge is 0.405 e. The standard InChI is InChI=1S/Cl6H2O2Si3/c1-9-7-11(5,6)8-10(2,3)4/h9H2. The van der Waals surface area contributed by atoms with Gasteiger partial charge in [0, 0.05) is 0 Å². The molecule has 0 heterocycles. The lowest BCUT2D eigenvalue weighted by atomic mass is 15.8. The first kappa shape index (κ1) is 13.3. The number of hydrogen-bond acceptors (Lipinski definition) is 2. The Kier molecular flexibility index (Phi) is 6.36. The summed E-state index contributed by atoms with van der Waals surface area (Å²) in [4.78, 5) is 0. The van der Waals surface area contributed by atoms with Crippen molar-refractivity contribution >= 4 is 89.0 Å². The van der Waals surface area contributed by atoms with Crippen LogP contribution in [0.25, 0.3) is 0 Å². The van der Waals surface area contributed by atoms with Crippen molar-refractivity contribution in [3.05, 3.63) is 0 Å². The van der Waals surface area contributed by atoms with E-state index in [9.17, 15) is 0 Å². The van der Waals surface area contributed by atoms with Crippen LogP contribution in [-0.2, 0) is 8.23 Å². The first-order valence-electron chi connectivity index (χ1n) is 2.11. The van der Waals surface area contributed by atoms with Crippen LogP contribution in [0.4, 0.5) is 0 Å². The zero-order valence-corrected chi connectivity index (χ0v) is 12.7. The van der Waals surface area contributed by atoms with Crippen LogP contribution in [0.3, 0.4) is 0 Å². The van der Waals surface area contributed by atoms with Crippen LogP contribution in [0.1, 0.15) is 0 Å². The van der Waals surface area contributed by atoms with Gasteiger partial charge in [-0.15, -0.1) is 11.1 Å². The van der Waals surface area contributed by atoms with Gasteiger partial charge in [0.05, 0.1) is 0 Å². The fourth-order valence-electron chi connectivity index (χ4n) is 0.228. The predicted octanol–water partition coefficient (Wildman–Crippen LogP) is 2.32. The molecule has 0 atom stereocenters. The molecule has 0 aromatic carbocycles. The predicted molar refractivity (Wildman–Crippen MR) is 57.3 cm³/mol. The van der Waals surface area contributed by atoms with Crippen LogP contribution < -0.4 is 0 Å². The summed E-state index contributed by atoms with van der Waals surface area (Å²) in [6, 6.07) is 0. The number of halogens is 6. The maximum atomic E-state index is 5.51. The molecule has 0 rings (SSSR count). The molecule has 0 N–H and O–H groups in total. The molecule has 0 saturated carbocycles.